The van der Waals surface area contributed by atoms with Gasteiger partial charge in [0.15, 0.2) is 0 Å². The van der Waals surface area contributed by atoms with E-state index in [-0.39, 0.29) is 0 Å². The van der Waals surface area contributed by atoms with Gasteiger partial charge >= 0.3 is 0 Å². The molecule has 0 fully saturated rings. The van der Waals surface area contributed by atoms with Crippen molar-refractivity contribution in [1.82, 2.24) is 13.7 Å². The number of nitrogens with zero attached hydrogens (tertiary/aromatic N) is 4. The molecule has 1 aliphatic carbocycles. The average Bonchev–Trinajstić information content (AvgIpc) is 2.44. The first-order valence-corrected chi connectivity index (χ1v) is 28.6. The fourth-order valence-electron chi connectivity index (χ4n) is 14.4. The van der Waals surface area contributed by atoms with Crippen LogP contribution in [0.15, 0.2) is 273 Å². The summed E-state index contributed by atoms with van der Waals surface area (Å²) in [5.74, 6) is 0. The van der Waals surface area contributed by atoms with Gasteiger partial charge < -0.3 is 18.6 Å². The molecule has 0 bridgehead atoms. The van der Waals surface area contributed by atoms with Gasteiger partial charge in [0.25, 0.3) is 0 Å². The van der Waals surface area contributed by atoms with Crippen molar-refractivity contribution in [2.75, 3.05) is 4.90 Å². The molecule has 17 aromatic rings. The molecule has 14 aromatic carbocycles. The van der Waals surface area contributed by atoms with Gasteiger partial charge in [0.1, 0.15) is 0 Å². The molecule has 0 unspecified atom stereocenters. The van der Waals surface area contributed by atoms with Gasteiger partial charge in [-0.3, -0.25) is 0 Å². The fraction of sp³-hybridized carbons (Fsp3) is 0.0256. The molecule has 0 saturated heterocycles. The van der Waals surface area contributed by atoms with Crippen molar-refractivity contribution in [3.8, 4) is 17.1 Å². The van der Waals surface area contributed by atoms with E-state index in [4.69, 9.17) is 0 Å². The van der Waals surface area contributed by atoms with Crippen molar-refractivity contribution in [3.05, 3.63) is 284 Å². The number of allylic oxidation sites excluding steroid dienone is 1. The molecule has 0 aliphatic heterocycles. The first-order valence-electron chi connectivity index (χ1n) is 28.6. The third-order valence-electron chi connectivity index (χ3n) is 18.0. The van der Waals surface area contributed by atoms with Crippen LogP contribution in [-0.4, -0.2) is 13.7 Å². The van der Waals surface area contributed by atoms with Gasteiger partial charge in [0.2, 0.25) is 0 Å². The molecule has 0 saturated carbocycles. The quantitative estimate of drug-likeness (QED) is 0.162. The topological polar surface area (TPSA) is 18.0 Å². The molecule has 0 N–H and O–H groups in total. The van der Waals surface area contributed by atoms with Crippen molar-refractivity contribution < 1.29 is 0 Å². The lowest BCUT2D eigenvalue weighted by Gasteiger charge is -2.26. The summed E-state index contributed by atoms with van der Waals surface area (Å²) in [6.45, 7) is 0. The van der Waals surface area contributed by atoms with E-state index in [1.165, 1.54) is 130 Å². The summed E-state index contributed by atoms with van der Waals surface area (Å²) in [5.41, 5.74) is 16.6. The Hall–Kier alpha value is -10.7. The number of benzene rings is 14. The van der Waals surface area contributed by atoms with Crippen LogP contribution in [0.1, 0.15) is 17.5 Å². The van der Waals surface area contributed by atoms with Crippen molar-refractivity contribution in [2.45, 2.75) is 12.8 Å². The molecular weight excluding hydrogens is 993 g/mol. The van der Waals surface area contributed by atoms with Crippen molar-refractivity contribution in [2.24, 2.45) is 0 Å². The molecule has 1 aliphatic rings. The second-order valence-electron chi connectivity index (χ2n) is 22.3. The van der Waals surface area contributed by atoms with Crippen molar-refractivity contribution >= 4 is 142 Å². The lowest BCUT2D eigenvalue weighted by molar-refractivity contribution is 0.986. The molecule has 0 radical (unpaired) electrons. The van der Waals surface area contributed by atoms with Crippen LogP contribution in [0.2, 0.25) is 0 Å². The number of anilines is 3. The van der Waals surface area contributed by atoms with Crippen LogP contribution in [-0.2, 0) is 6.42 Å². The minimum Gasteiger partial charge on any atom is -0.310 e. The molecular formula is C78H50N4. The lowest BCUT2D eigenvalue weighted by Crippen LogP contribution is -2.10. The van der Waals surface area contributed by atoms with Crippen LogP contribution >= 0.6 is 0 Å². The van der Waals surface area contributed by atoms with Crippen LogP contribution in [0.3, 0.4) is 0 Å². The summed E-state index contributed by atoms with van der Waals surface area (Å²) >= 11 is 0. The van der Waals surface area contributed by atoms with Crippen LogP contribution in [0.4, 0.5) is 17.1 Å². The maximum atomic E-state index is 2.51. The molecule has 0 spiro atoms. The van der Waals surface area contributed by atoms with E-state index in [1.807, 2.05) is 0 Å². The maximum Gasteiger partial charge on any atom is 0.0619 e. The summed E-state index contributed by atoms with van der Waals surface area (Å²) in [6, 6.07) is 99.5. The Kier molecular flexibility index (Phi) is 9.60. The normalized spacial score (nSPS) is 12.7. The SMILES string of the molecule is C1=Cc2c(ccc3c4c5ccccc5ccc4n(-c4ccc(N(c5ccc(-n6c7ccc8ccccc8c7c7ccc8ccccc8c76)cc5)c5ccc(-n6c7ccc8ccccc8c7c7ccc8ccccc8c76)cc5)cc4)c23)CC1. The number of aromatic nitrogens is 3. The van der Waals surface area contributed by atoms with E-state index in [1.54, 1.807) is 0 Å². The van der Waals surface area contributed by atoms with Crippen LogP contribution < -0.4 is 4.90 Å². The third-order valence-corrected chi connectivity index (χ3v) is 18.0. The summed E-state index contributed by atoms with van der Waals surface area (Å²) in [7, 11) is 0. The number of fused-ring (bicyclic) bond motifs is 21. The highest BCUT2D eigenvalue weighted by atomic mass is 15.1. The van der Waals surface area contributed by atoms with Gasteiger partial charge in [-0.1, -0.05) is 188 Å². The molecule has 18 rings (SSSR count). The van der Waals surface area contributed by atoms with E-state index in [2.05, 4.69) is 298 Å². The molecule has 3 aromatic heterocycles. The predicted molar refractivity (Wildman–Crippen MR) is 349 cm³/mol. The number of hydrogen-bond donors (Lipinski definition) is 0. The monoisotopic (exact) mass is 1040 g/mol. The fourth-order valence-corrected chi connectivity index (χ4v) is 14.4. The van der Waals surface area contributed by atoms with Gasteiger partial charge in [-0.2, -0.15) is 0 Å². The second-order valence-corrected chi connectivity index (χ2v) is 22.3. The smallest absolute Gasteiger partial charge is 0.0619 e. The van der Waals surface area contributed by atoms with Crippen molar-refractivity contribution in [1.29, 1.82) is 0 Å². The Bertz CT molecular complexity index is 5320. The average molecular weight is 1040 g/mol. The lowest BCUT2D eigenvalue weighted by atomic mass is 9.94. The van der Waals surface area contributed by atoms with E-state index < -0.39 is 0 Å². The number of rotatable bonds is 6. The minimum atomic E-state index is 1.05. The Morgan fingerprint density at radius 2 is 0.598 bits per heavy atom. The van der Waals surface area contributed by atoms with E-state index in [9.17, 15) is 0 Å². The summed E-state index contributed by atoms with van der Waals surface area (Å²) in [4.78, 5) is 2.42. The minimum absolute atomic E-state index is 1.05. The Morgan fingerprint density at radius 3 is 1.01 bits per heavy atom. The highest BCUT2D eigenvalue weighted by Crippen LogP contribution is 2.46. The molecule has 0 amide bonds. The molecule has 4 nitrogen and oxygen atoms in total. The van der Waals surface area contributed by atoms with Gasteiger partial charge in [-0.15, -0.1) is 0 Å². The highest BCUT2D eigenvalue weighted by molar-refractivity contribution is 6.28. The molecule has 4 heteroatoms. The predicted octanol–water partition coefficient (Wildman–Crippen LogP) is 21.2. The summed E-state index contributed by atoms with van der Waals surface area (Å²) < 4.78 is 7.48. The standard InChI is InChI=1S/C78H50N4/c1-7-19-61-49(13-1)28-46-70-73(61)67-43-25-52-16-4-10-22-64(52)76(67)80(70)58-37-31-55(32-38-58)79(56-33-39-59(40-34-56)81-71-47-29-50-14-2-8-20-62(50)74(71)68-44-26-53-17-5-11-23-65(53)77(68)81)57-35-41-60(42-36-57)82-72-48-30-51-15-3-9-21-63(51)75(72)69-45-27-54-18-6-12-24-66(54)78(69)82/h1-5,7-17,19-48H,6,18H2. The largest absolute Gasteiger partial charge is 0.310 e. The van der Waals surface area contributed by atoms with Crippen molar-refractivity contribution in [3.63, 3.8) is 0 Å². The Morgan fingerprint density at radius 1 is 0.268 bits per heavy atom. The van der Waals surface area contributed by atoms with E-state index in [0.29, 0.717) is 0 Å². The zero-order valence-corrected chi connectivity index (χ0v) is 44.8. The third kappa shape index (κ3) is 6.49. The first kappa shape index (κ1) is 45.2. The zero-order valence-electron chi connectivity index (χ0n) is 44.8. The molecule has 0 atom stereocenters. The highest BCUT2D eigenvalue weighted by Gasteiger charge is 2.24. The van der Waals surface area contributed by atoms with Crippen LogP contribution in [0, 0.1) is 0 Å². The van der Waals surface area contributed by atoms with Gasteiger partial charge in [0, 0.05) is 82.8 Å². The Labute approximate surface area is 472 Å². The molecule has 82 heavy (non-hydrogen) atoms. The zero-order chi connectivity index (χ0) is 53.6. The maximum absolute atomic E-state index is 2.51. The summed E-state index contributed by atoms with van der Waals surface area (Å²) in [5, 5.41) is 20.2. The van der Waals surface area contributed by atoms with Gasteiger partial charge in [0.05, 0.1) is 33.1 Å². The van der Waals surface area contributed by atoms with E-state index >= 15 is 0 Å². The number of hydrogen-bond acceptors (Lipinski definition) is 1. The van der Waals surface area contributed by atoms with Gasteiger partial charge in [-0.25, -0.2) is 0 Å². The van der Waals surface area contributed by atoms with E-state index in [0.717, 1.165) is 47.0 Å². The first-order chi connectivity index (χ1) is 40.7. The second kappa shape index (κ2) is 17.4. The van der Waals surface area contributed by atoms with Crippen LogP contribution in [0.5, 0.6) is 0 Å². The molecule has 382 valence electrons. The Balaban J connectivity index is 0.833. The van der Waals surface area contributed by atoms with Gasteiger partial charge in [-0.05, 0) is 152 Å². The molecule has 3 heterocycles. The summed E-state index contributed by atoms with van der Waals surface area (Å²) in [6.07, 6.45) is 6.81. The van der Waals surface area contributed by atoms with Crippen LogP contribution in [0.25, 0.3) is 142 Å². The number of aryl methyl sites for hydroxylation is 1.